The molecule has 1 aliphatic carbocycles. The number of rotatable bonds is 4. The Kier molecular flexibility index (Phi) is 4.39. The number of aryl methyl sites for hydroxylation is 3. The van der Waals surface area contributed by atoms with Gasteiger partial charge in [0.25, 0.3) is 5.91 Å². The van der Waals surface area contributed by atoms with Gasteiger partial charge in [0, 0.05) is 29.2 Å². The van der Waals surface area contributed by atoms with E-state index in [-0.39, 0.29) is 5.91 Å². The number of hydrogen-bond acceptors (Lipinski definition) is 4. The summed E-state index contributed by atoms with van der Waals surface area (Å²) in [4.78, 5) is 21.1. The lowest BCUT2D eigenvalue weighted by Gasteiger charge is -2.19. The second kappa shape index (κ2) is 6.32. The zero-order valence-electron chi connectivity index (χ0n) is 14.1. The topological polar surface area (TPSA) is 42.4 Å². The van der Waals surface area contributed by atoms with Gasteiger partial charge in [0.2, 0.25) is 0 Å². The molecule has 2 aromatic rings. The minimum absolute atomic E-state index is 0.0742. The van der Waals surface area contributed by atoms with Crippen molar-refractivity contribution in [3.05, 3.63) is 44.4 Å². The number of amides is 1. The third-order valence-corrected chi connectivity index (χ3v) is 5.67. The van der Waals surface area contributed by atoms with Crippen LogP contribution in [0.25, 0.3) is 0 Å². The van der Waals surface area contributed by atoms with Crippen molar-refractivity contribution in [1.82, 2.24) is 9.88 Å². The fourth-order valence-corrected chi connectivity index (χ4v) is 4.40. The van der Waals surface area contributed by atoms with Crippen LogP contribution in [0.15, 0.2) is 12.3 Å². The van der Waals surface area contributed by atoms with Gasteiger partial charge in [-0.3, -0.25) is 9.78 Å². The van der Waals surface area contributed by atoms with Crippen molar-refractivity contribution in [3.63, 3.8) is 0 Å². The van der Waals surface area contributed by atoms with Gasteiger partial charge in [-0.05, 0) is 44.7 Å². The van der Waals surface area contributed by atoms with Crippen molar-refractivity contribution >= 4 is 17.2 Å². The van der Waals surface area contributed by atoms with Crippen LogP contribution in [0.4, 0.5) is 0 Å². The van der Waals surface area contributed by atoms with Gasteiger partial charge in [0.1, 0.15) is 5.75 Å². The molecule has 0 fully saturated rings. The Morgan fingerprint density at radius 3 is 2.87 bits per heavy atom. The first kappa shape index (κ1) is 16.0. The highest BCUT2D eigenvalue weighted by Gasteiger charge is 2.21. The lowest BCUT2D eigenvalue weighted by molar-refractivity contribution is 0.0787. The summed E-state index contributed by atoms with van der Waals surface area (Å²) in [6, 6.07) is 2.07. The maximum absolute atomic E-state index is 12.7. The Labute approximate surface area is 141 Å². The summed E-state index contributed by atoms with van der Waals surface area (Å²) in [7, 11) is 3.50. The highest BCUT2D eigenvalue weighted by atomic mass is 32.1. The average molecular weight is 330 g/mol. The number of carbonyl (C=O) groups excluding carboxylic acids is 1. The second-order valence-corrected chi connectivity index (χ2v) is 7.26. The van der Waals surface area contributed by atoms with Crippen molar-refractivity contribution in [3.8, 4) is 5.75 Å². The van der Waals surface area contributed by atoms with Crippen LogP contribution in [-0.2, 0) is 19.4 Å². The molecule has 5 heteroatoms. The molecule has 0 N–H and O–H groups in total. The van der Waals surface area contributed by atoms with E-state index in [4.69, 9.17) is 4.74 Å². The van der Waals surface area contributed by atoms with E-state index in [2.05, 4.69) is 11.1 Å². The normalized spacial score (nSPS) is 13.0. The Morgan fingerprint density at radius 2 is 2.17 bits per heavy atom. The molecule has 0 saturated carbocycles. The lowest BCUT2D eigenvalue weighted by atomic mass is 10.1. The van der Waals surface area contributed by atoms with E-state index in [0.29, 0.717) is 6.54 Å². The molecule has 122 valence electrons. The minimum atomic E-state index is 0.0742. The van der Waals surface area contributed by atoms with E-state index in [1.807, 2.05) is 20.9 Å². The monoisotopic (exact) mass is 330 g/mol. The molecule has 23 heavy (non-hydrogen) atoms. The maximum atomic E-state index is 12.7. The molecule has 0 spiro atoms. The zero-order chi connectivity index (χ0) is 16.6. The third-order valence-electron chi connectivity index (χ3n) is 4.44. The van der Waals surface area contributed by atoms with Gasteiger partial charge in [-0.2, -0.15) is 0 Å². The number of carbonyl (C=O) groups is 1. The highest BCUT2D eigenvalue weighted by Crippen LogP contribution is 2.31. The van der Waals surface area contributed by atoms with E-state index >= 15 is 0 Å². The van der Waals surface area contributed by atoms with Gasteiger partial charge in [-0.25, -0.2) is 0 Å². The van der Waals surface area contributed by atoms with Crippen LogP contribution in [-0.4, -0.2) is 29.9 Å². The molecular formula is C18H22N2O2S. The van der Waals surface area contributed by atoms with Crippen molar-refractivity contribution in [2.24, 2.45) is 0 Å². The number of thiophene rings is 1. The first-order valence-corrected chi connectivity index (χ1v) is 8.69. The van der Waals surface area contributed by atoms with Gasteiger partial charge in [-0.15, -0.1) is 11.3 Å². The fourth-order valence-electron chi connectivity index (χ4n) is 3.15. The van der Waals surface area contributed by atoms with Crippen LogP contribution in [0, 0.1) is 13.8 Å². The SMILES string of the molecule is COc1c(C)cnc(CN(C)C(=O)c2cc3c(s2)CCC3)c1C. The molecule has 2 aromatic heterocycles. The number of ether oxygens (including phenoxy) is 1. The first-order valence-electron chi connectivity index (χ1n) is 7.87. The number of aromatic nitrogens is 1. The molecule has 3 rings (SSSR count). The van der Waals surface area contributed by atoms with Gasteiger partial charge in [0.05, 0.1) is 24.2 Å². The van der Waals surface area contributed by atoms with Gasteiger partial charge < -0.3 is 9.64 Å². The Morgan fingerprint density at radius 1 is 1.39 bits per heavy atom. The number of methoxy groups -OCH3 is 1. The van der Waals surface area contributed by atoms with Gasteiger partial charge >= 0.3 is 0 Å². The summed E-state index contributed by atoms with van der Waals surface area (Å²) in [6.07, 6.45) is 5.25. The van der Waals surface area contributed by atoms with Crippen molar-refractivity contribution in [2.75, 3.05) is 14.2 Å². The molecule has 0 atom stereocenters. The Bertz CT molecular complexity index is 730. The Hall–Kier alpha value is -1.88. The minimum Gasteiger partial charge on any atom is -0.496 e. The molecule has 0 saturated heterocycles. The molecule has 4 nitrogen and oxygen atoms in total. The standard InChI is InChI=1S/C18H22N2O2S/c1-11-9-19-14(12(2)17(11)22-4)10-20(3)18(21)16-8-13-6-5-7-15(13)23-16/h8-9H,5-7,10H2,1-4H3. The van der Waals surface area contributed by atoms with E-state index in [1.54, 1.807) is 29.5 Å². The zero-order valence-corrected chi connectivity index (χ0v) is 14.9. The van der Waals surface area contributed by atoms with Crippen LogP contribution in [0.2, 0.25) is 0 Å². The molecule has 0 unspecified atom stereocenters. The quantitative estimate of drug-likeness (QED) is 0.861. The summed E-state index contributed by atoms with van der Waals surface area (Å²) in [5.41, 5.74) is 4.25. The Balaban J connectivity index is 1.78. The van der Waals surface area contributed by atoms with Crippen molar-refractivity contribution < 1.29 is 9.53 Å². The number of pyridine rings is 1. The molecule has 0 aromatic carbocycles. The van der Waals surface area contributed by atoms with Crippen molar-refractivity contribution in [2.45, 2.75) is 39.7 Å². The van der Waals surface area contributed by atoms with Crippen LogP contribution < -0.4 is 4.74 Å². The molecule has 2 heterocycles. The smallest absolute Gasteiger partial charge is 0.264 e. The van der Waals surface area contributed by atoms with Crippen LogP contribution in [0.5, 0.6) is 5.75 Å². The van der Waals surface area contributed by atoms with Crippen LogP contribution >= 0.6 is 11.3 Å². The van der Waals surface area contributed by atoms with Crippen LogP contribution in [0.3, 0.4) is 0 Å². The molecule has 0 aliphatic heterocycles. The molecular weight excluding hydrogens is 308 g/mol. The summed E-state index contributed by atoms with van der Waals surface area (Å²) in [5, 5.41) is 0. The van der Waals surface area contributed by atoms with E-state index in [1.165, 1.54) is 16.9 Å². The van der Waals surface area contributed by atoms with E-state index in [0.717, 1.165) is 40.3 Å². The highest BCUT2D eigenvalue weighted by molar-refractivity contribution is 7.14. The molecule has 1 aliphatic rings. The largest absolute Gasteiger partial charge is 0.496 e. The van der Waals surface area contributed by atoms with E-state index in [9.17, 15) is 4.79 Å². The second-order valence-electron chi connectivity index (χ2n) is 6.12. The predicted molar refractivity (Wildman–Crippen MR) is 92.4 cm³/mol. The summed E-state index contributed by atoms with van der Waals surface area (Å²) >= 11 is 1.65. The third kappa shape index (κ3) is 2.98. The number of hydrogen-bond donors (Lipinski definition) is 0. The predicted octanol–water partition coefficient (Wildman–Crippen LogP) is 3.53. The summed E-state index contributed by atoms with van der Waals surface area (Å²) in [6.45, 7) is 4.46. The van der Waals surface area contributed by atoms with Gasteiger partial charge in [-0.1, -0.05) is 0 Å². The summed E-state index contributed by atoms with van der Waals surface area (Å²) < 4.78 is 5.44. The maximum Gasteiger partial charge on any atom is 0.264 e. The van der Waals surface area contributed by atoms with E-state index < -0.39 is 0 Å². The molecule has 0 bridgehead atoms. The summed E-state index contributed by atoms with van der Waals surface area (Å²) in [5.74, 6) is 0.927. The molecule has 0 radical (unpaired) electrons. The number of fused-ring (bicyclic) bond motifs is 1. The lowest BCUT2D eigenvalue weighted by Crippen LogP contribution is -2.26. The average Bonchev–Trinajstić information content (AvgIpc) is 3.11. The first-order chi connectivity index (χ1) is 11.0. The van der Waals surface area contributed by atoms with Crippen LogP contribution in [0.1, 0.15) is 43.4 Å². The molecule has 1 amide bonds. The van der Waals surface area contributed by atoms with Gasteiger partial charge in [0.15, 0.2) is 0 Å². The number of nitrogens with zero attached hydrogens (tertiary/aromatic N) is 2. The van der Waals surface area contributed by atoms with Crippen molar-refractivity contribution in [1.29, 1.82) is 0 Å². The fraction of sp³-hybridized carbons (Fsp3) is 0.444.